The predicted molar refractivity (Wildman–Crippen MR) is 92.0 cm³/mol. The number of ether oxygens (including phenoxy) is 1. The second-order valence-corrected chi connectivity index (χ2v) is 5.75. The van der Waals surface area contributed by atoms with Gasteiger partial charge in [0, 0.05) is 57.8 Å². The zero-order valence-corrected chi connectivity index (χ0v) is 14.2. The molecular weight excluding hydrogens is 308 g/mol. The quantitative estimate of drug-likeness (QED) is 0.728. The Morgan fingerprint density at radius 2 is 1.83 bits per heavy atom. The average molecular weight is 334 g/mol. The Morgan fingerprint density at radius 1 is 1.17 bits per heavy atom. The lowest BCUT2D eigenvalue weighted by molar-refractivity contribution is -0.132. The molecule has 1 fully saturated rings. The third-order valence-corrected chi connectivity index (χ3v) is 4.15. The van der Waals surface area contributed by atoms with E-state index in [-0.39, 0.29) is 11.8 Å². The molecule has 2 rings (SSSR count). The summed E-state index contributed by atoms with van der Waals surface area (Å²) in [5.41, 5.74) is 6.04. The Kier molecular flexibility index (Phi) is 7.02. The van der Waals surface area contributed by atoms with Crippen LogP contribution >= 0.6 is 0 Å². The topological polar surface area (TPSA) is 87.9 Å². The van der Waals surface area contributed by atoms with Crippen molar-refractivity contribution in [3.05, 3.63) is 29.8 Å². The highest BCUT2D eigenvalue weighted by atomic mass is 16.5. The lowest BCUT2D eigenvalue weighted by Crippen LogP contribution is -2.50. The zero-order chi connectivity index (χ0) is 17.4. The molecule has 0 unspecified atom stereocenters. The van der Waals surface area contributed by atoms with Crippen LogP contribution in [0.25, 0.3) is 0 Å². The Bertz CT molecular complexity index is 539. The van der Waals surface area contributed by atoms with Gasteiger partial charge in [0.1, 0.15) is 5.75 Å². The molecule has 1 aliphatic heterocycles. The first kappa shape index (κ1) is 18.2. The molecule has 0 atom stereocenters. The molecule has 1 heterocycles. The fraction of sp³-hybridized carbons (Fsp3) is 0.529. The molecule has 132 valence electrons. The predicted octanol–water partition coefficient (Wildman–Crippen LogP) is -0.0820. The molecule has 7 heteroatoms. The van der Waals surface area contributed by atoms with Crippen LogP contribution in [0.2, 0.25) is 0 Å². The van der Waals surface area contributed by atoms with Crippen molar-refractivity contribution >= 4 is 11.8 Å². The number of hydrogen-bond donors (Lipinski definition) is 2. The molecule has 2 amide bonds. The number of nitrogens with one attached hydrogen (secondary N) is 1. The van der Waals surface area contributed by atoms with Gasteiger partial charge in [0.2, 0.25) is 5.91 Å². The van der Waals surface area contributed by atoms with Gasteiger partial charge in [-0.15, -0.1) is 0 Å². The van der Waals surface area contributed by atoms with Gasteiger partial charge in [-0.05, 0) is 24.3 Å². The van der Waals surface area contributed by atoms with Gasteiger partial charge >= 0.3 is 0 Å². The van der Waals surface area contributed by atoms with Gasteiger partial charge in [0.15, 0.2) is 0 Å². The van der Waals surface area contributed by atoms with E-state index >= 15 is 0 Å². The molecule has 0 radical (unpaired) electrons. The van der Waals surface area contributed by atoms with E-state index in [1.165, 1.54) is 0 Å². The van der Waals surface area contributed by atoms with Gasteiger partial charge in [-0.25, -0.2) is 0 Å². The van der Waals surface area contributed by atoms with Crippen LogP contribution in [0, 0.1) is 0 Å². The smallest absolute Gasteiger partial charge is 0.251 e. The number of methoxy groups -OCH3 is 1. The second kappa shape index (κ2) is 9.24. The zero-order valence-electron chi connectivity index (χ0n) is 14.2. The first-order chi connectivity index (χ1) is 11.6. The van der Waals surface area contributed by atoms with E-state index in [9.17, 15) is 9.59 Å². The molecule has 1 aliphatic rings. The number of piperazine rings is 1. The lowest BCUT2D eigenvalue weighted by Gasteiger charge is -2.34. The van der Waals surface area contributed by atoms with E-state index < -0.39 is 0 Å². The van der Waals surface area contributed by atoms with E-state index in [2.05, 4.69) is 10.2 Å². The van der Waals surface area contributed by atoms with Crippen molar-refractivity contribution in [2.45, 2.75) is 6.42 Å². The van der Waals surface area contributed by atoms with Crippen LogP contribution in [0.4, 0.5) is 0 Å². The molecule has 0 aromatic heterocycles. The number of nitrogens with two attached hydrogens (primary N) is 1. The average Bonchev–Trinajstić information content (AvgIpc) is 2.62. The third kappa shape index (κ3) is 5.21. The first-order valence-corrected chi connectivity index (χ1v) is 8.26. The minimum absolute atomic E-state index is 0.0885. The Morgan fingerprint density at radius 3 is 2.42 bits per heavy atom. The summed E-state index contributed by atoms with van der Waals surface area (Å²) in [5.74, 6) is 0.771. The highest BCUT2D eigenvalue weighted by Gasteiger charge is 2.20. The summed E-state index contributed by atoms with van der Waals surface area (Å²) in [6.45, 7) is 4.87. The molecular formula is C17H26N4O3. The minimum atomic E-state index is -0.0885. The Hall–Kier alpha value is -2.12. The number of hydrogen-bond acceptors (Lipinski definition) is 5. The van der Waals surface area contributed by atoms with Crippen molar-refractivity contribution in [2.24, 2.45) is 5.73 Å². The normalized spacial score (nSPS) is 15.2. The summed E-state index contributed by atoms with van der Waals surface area (Å²) in [7, 11) is 1.60. The fourth-order valence-corrected chi connectivity index (χ4v) is 2.67. The molecule has 7 nitrogen and oxygen atoms in total. The van der Waals surface area contributed by atoms with Crippen LogP contribution in [0.15, 0.2) is 24.3 Å². The molecule has 1 saturated heterocycles. The minimum Gasteiger partial charge on any atom is -0.497 e. The fourth-order valence-electron chi connectivity index (χ4n) is 2.67. The molecule has 3 N–H and O–H groups in total. The molecule has 0 saturated carbocycles. The maximum absolute atomic E-state index is 12.1. The number of carbonyl (C=O) groups excluding carboxylic acids is 2. The van der Waals surface area contributed by atoms with Crippen molar-refractivity contribution in [3.63, 3.8) is 0 Å². The van der Waals surface area contributed by atoms with Gasteiger partial charge in [-0.1, -0.05) is 0 Å². The van der Waals surface area contributed by atoms with Crippen LogP contribution in [-0.4, -0.2) is 74.5 Å². The molecule has 0 spiro atoms. The van der Waals surface area contributed by atoms with Crippen molar-refractivity contribution in [3.8, 4) is 5.75 Å². The number of rotatable bonds is 7. The van der Waals surface area contributed by atoms with Gasteiger partial charge in [0.05, 0.1) is 7.11 Å². The molecule has 24 heavy (non-hydrogen) atoms. The summed E-state index contributed by atoms with van der Waals surface area (Å²) in [5, 5.41) is 2.92. The van der Waals surface area contributed by atoms with Crippen molar-refractivity contribution in [2.75, 3.05) is 52.9 Å². The van der Waals surface area contributed by atoms with Crippen LogP contribution < -0.4 is 15.8 Å². The largest absolute Gasteiger partial charge is 0.497 e. The van der Waals surface area contributed by atoms with Gasteiger partial charge in [0.25, 0.3) is 5.91 Å². The van der Waals surface area contributed by atoms with Crippen LogP contribution in [-0.2, 0) is 4.79 Å². The number of carbonyl (C=O) groups is 2. The van der Waals surface area contributed by atoms with Gasteiger partial charge in [-0.3, -0.25) is 14.5 Å². The Labute approximate surface area is 142 Å². The monoisotopic (exact) mass is 334 g/mol. The number of amides is 2. The van der Waals surface area contributed by atoms with Gasteiger partial charge in [-0.2, -0.15) is 0 Å². The summed E-state index contributed by atoms with van der Waals surface area (Å²) < 4.78 is 5.08. The van der Waals surface area contributed by atoms with E-state index in [1.807, 2.05) is 4.90 Å². The standard InChI is InChI=1S/C17H26N4O3/c1-24-15-4-2-14(3-5-15)17(23)19-8-9-20-10-12-21(13-11-20)16(22)6-7-18/h2-5H,6-13,18H2,1H3,(H,19,23). The van der Waals surface area contributed by atoms with E-state index in [0.717, 1.165) is 38.5 Å². The highest BCUT2D eigenvalue weighted by molar-refractivity contribution is 5.94. The molecule has 1 aromatic carbocycles. The van der Waals surface area contributed by atoms with Crippen LogP contribution in [0.1, 0.15) is 16.8 Å². The highest BCUT2D eigenvalue weighted by Crippen LogP contribution is 2.11. The van der Waals surface area contributed by atoms with E-state index in [1.54, 1.807) is 31.4 Å². The summed E-state index contributed by atoms with van der Waals surface area (Å²) >= 11 is 0. The third-order valence-electron chi connectivity index (χ3n) is 4.15. The number of benzene rings is 1. The van der Waals surface area contributed by atoms with Crippen LogP contribution in [0.3, 0.4) is 0 Å². The second-order valence-electron chi connectivity index (χ2n) is 5.75. The summed E-state index contributed by atoms with van der Waals surface area (Å²) in [6, 6.07) is 7.03. The maximum atomic E-state index is 12.1. The first-order valence-electron chi connectivity index (χ1n) is 8.26. The number of nitrogens with zero attached hydrogens (tertiary/aromatic N) is 2. The summed E-state index contributed by atoms with van der Waals surface area (Å²) in [4.78, 5) is 27.9. The summed E-state index contributed by atoms with van der Waals surface area (Å²) in [6.07, 6.45) is 0.415. The Balaban J connectivity index is 1.67. The van der Waals surface area contributed by atoms with Crippen molar-refractivity contribution < 1.29 is 14.3 Å². The van der Waals surface area contributed by atoms with Gasteiger partial charge < -0.3 is 20.7 Å². The lowest BCUT2D eigenvalue weighted by atomic mass is 10.2. The molecule has 0 aliphatic carbocycles. The maximum Gasteiger partial charge on any atom is 0.251 e. The van der Waals surface area contributed by atoms with Crippen molar-refractivity contribution in [1.82, 2.24) is 15.1 Å². The van der Waals surface area contributed by atoms with Crippen molar-refractivity contribution in [1.29, 1.82) is 0 Å². The van der Waals surface area contributed by atoms with Crippen LogP contribution in [0.5, 0.6) is 5.75 Å². The molecule has 1 aromatic rings. The van der Waals surface area contributed by atoms with E-state index in [0.29, 0.717) is 25.1 Å². The van der Waals surface area contributed by atoms with E-state index in [4.69, 9.17) is 10.5 Å². The molecule has 0 bridgehead atoms. The SMILES string of the molecule is COc1ccc(C(=O)NCCN2CCN(C(=O)CCN)CC2)cc1.